The monoisotopic (exact) mass is 260 g/mol. The quantitative estimate of drug-likeness (QED) is 0.880. The number of nitrogens with two attached hydrogens (primary N) is 1. The Bertz CT molecular complexity index is 371. The van der Waals surface area contributed by atoms with Gasteiger partial charge in [-0.3, -0.25) is 4.90 Å². The van der Waals surface area contributed by atoms with Crippen LogP contribution in [0, 0.1) is 0 Å². The van der Waals surface area contributed by atoms with Crippen molar-refractivity contribution in [2.45, 2.75) is 64.1 Å². The van der Waals surface area contributed by atoms with E-state index < -0.39 is 0 Å². The molecule has 0 saturated heterocycles. The molecule has 2 heteroatoms. The van der Waals surface area contributed by atoms with Crippen molar-refractivity contribution in [3.05, 3.63) is 35.4 Å². The highest BCUT2D eigenvalue weighted by Gasteiger charge is 2.25. The third kappa shape index (κ3) is 4.05. The van der Waals surface area contributed by atoms with E-state index in [9.17, 15) is 0 Å². The van der Waals surface area contributed by atoms with Crippen LogP contribution >= 0.6 is 0 Å². The molecule has 106 valence electrons. The Morgan fingerprint density at radius 3 is 2.37 bits per heavy atom. The summed E-state index contributed by atoms with van der Waals surface area (Å²) in [5.74, 6) is 0. The number of rotatable bonds is 5. The molecule has 1 aromatic carbocycles. The largest absolute Gasteiger partial charge is 0.326 e. The zero-order chi connectivity index (χ0) is 13.7. The van der Waals surface area contributed by atoms with Crippen molar-refractivity contribution in [1.29, 1.82) is 0 Å². The summed E-state index contributed by atoms with van der Waals surface area (Å²) in [5.41, 5.74) is 9.11. The van der Waals surface area contributed by atoms with Gasteiger partial charge in [-0.1, -0.05) is 50.5 Å². The molecule has 19 heavy (non-hydrogen) atoms. The third-order valence-electron chi connectivity index (χ3n) is 4.34. The van der Waals surface area contributed by atoms with Crippen molar-refractivity contribution in [2.24, 2.45) is 5.73 Å². The summed E-state index contributed by atoms with van der Waals surface area (Å²) >= 11 is 0. The molecule has 1 aliphatic rings. The van der Waals surface area contributed by atoms with Crippen LogP contribution < -0.4 is 5.73 Å². The molecule has 2 atom stereocenters. The standard InChI is InChI=1S/C17H28N2/c1-3-6-14-9-11-15(12-10-14)13-19(2)17-8-5-4-7-16(17)18/h9-12,16-17H,3-8,13,18H2,1-2H3. The molecular formula is C17H28N2. The second-order valence-electron chi connectivity index (χ2n) is 6.00. The lowest BCUT2D eigenvalue weighted by atomic mass is 9.90. The first-order valence-electron chi connectivity index (χ1n) is 7.74. The third-order valence-corrected chi connectivity index (χ3v) is 4.34. The van der Waals surface area contributed by atoms with Gasteiger partial charge in [-0.2, -0.15) is 0 Å². The van der Waals surface area contributed by atoms with Gasteiger partial charge < -0.3 is 5.73 Å². The number of likely N-dealkylation sites (N-methyl/N-ethyl adjacent to an activating group) is 1. The molecule has 1 aromatic rings. The normalized spacial score (nSPS) is 23.8. The molecule has 0 aliphatic heterocycles. The fraction of sp³-hybridized carbons (Fsp3) is 0.647. The fourth-order valence-electron chi connectivity index (χ4n) is 3.19. The lowest BCUT2D eigenvalue weighted by Crippen LogP contribution is -2.47. The minimum Gasteiger partial charge on any atom is -0.326 e. The Morgan fingerprint density at radius 2 is 1.74 bits per heavy atom. The highest BCUT2D eigenvalue weighted by Crippen LogP contribution is 2.22. The van der Waals surface area contributed by atoms with E-state index in [1.165, 1.54) is 49.7 Å². The van der Waals surface area contributed by atoms with Crippen molar-refractivity contribution in [1.82, 2.24) is 4.90 Å². The average Bonchev–Trinajstić information content (AvgIpc) is 2.42. The molecule has 0 heterocycles. The molecule has 2 rings (SSSR count). The zero-order valence-corrected chi connectivity index (χ0v) is 12.4. The Hall–Kier alpha value is -0.860. The van der Waals surface area contributed by atoms with Crippen LogP contribution in [0.4, 0.5) is 0 Å². The van der Waals surface area contributed by atoms with Gasteiger partial charge >= 0.3 is 0 Å². The second kappa shape index (κ2) is 7.06. The summed E-state index contributed by atoms with van der Waals surface area (Å²) in [7, 11) is 2.22. The second-order valence-corrected chi connectivity index (χ2v) is 6.00. The average molecular weight is 260 g/mol. The summed E-state index contributed by atoms with van der Waals surface area (Å²) in [6, 6.07) is 10.0. The van der Waals surface area contributed by atoms with Gasteiger partial charge in [0.15, 0.2) is 0 Å². The molecule has 1 fully saturated rings. The first kappa shape index (κ1) is 14.5. The minimum absolute atomic E-state index is 0.359. The first-order chi connectivity index (χ1) is 9.20. The zero-order valence-electron chi connectivity index (χ0n) is 12.4. The molecule has 1 aliphatic carbocycles. The Morgan fingerprint density at radius 1 is 1.11 bits per heavy atom. The predicted octanol–water partition coefficient (Wildman–Crippen LogP) is 3.34. The summed E-state index contributed by atoms with van der Waals surface area (Å²) in [6.07, 6.45) is 7.48. The predicted molar refractivity (Wildman–Crippen MR) is 82.1 cm³/mol. The van der Waals surface area contributed by atoms with Crippen LogP contribution in [0.5, 0.6) is 0 Å². The van der Waals surface area contributed by atoms with Gasteiger partial charge in [0.05, 0.1) is 0 Å². The SMILES string of the molecule is CCCc1ccc(CN(C)C2CCCCC2N)cc1. The van der Waals surface area contributed by atoms with Gasteiger partial charge in [-0.05, 0) is 37.4 Å². The number of nitrogens with zero attached hydrogens (tertiary/aromatic N) is 1. The van der Waals surface area contributed by atoms with Crippen molar-refractivity contribution in [3.8, 4) is 0 Å². The molecule has 0 radical (unpaired) electrons. The van der Waals surface area contributed by atoms with Gasteiger partial charge in [0, 0.05) is 18.6 Å². The van der Waals surface area contributed by atoms with E-state index in [1.807, 2.05) is 0 Å². The Labute approximate surface area is 118 Å². The van der Waals surface area contributed by atoms with Gasteiger partial charge in [-0.15, -0.1) is 0 Å². The van der Waals surface area contributed by atoms with Crippen LogP contribution in [-0.4, -0.2) is 24.0 Å². The van der Waals surface area contributed by atoms with E-state index in [-0.39, 0.29) is 0 Å². The van der Waals surface area contributed by atoms with Crippen LogP contribution in [0.2, 0.25) is 0 Å². The topological polar surface area (TPSA) is 29.3 Å². The van der Waals surface area contributed by atoms with E-state index >= 15 is 0 Å². The molecule has 2 nitrogen and oxygen atoms in total. The number of hydrogen-bond donors (Lipinski definition) is 1. The number of benzene rings is 1. The Balaban J connectivity index is 1.92. The van der Waals surface area contributed by atoms with E-state index in [4.69, 9.17) is 5.73 Å². The molecular weight excluding hydrogens is 232 g/mol. The lowest BCUT2D eigenvalue weighted by Gasteiger charge is -2.36. The maximum Gasteiger partial charge on any atom is 0.0247 e. The number of aryl methyl sites for hydroxylation is 1. The lowest BCUT2D eigenvalue weighted by molar-refractivity contribution is 0.162. The minimum atomic E-state index is 0.359. The Kier molecular flexibility index (Phi) is 5.41. The van der Waals surface area contributed by atoms with Crippen LogP contribution in [0.15, 0.2) is 24.3 Å². The molecule has 1 saturated carbocycles. The van der Waals surface area contributed by atoms with Crippen molar-refractivity contribution in [3.63, 3.8) is 0 Å². The van der Waals surface area contributed by atoms with Gasteiger partial charge in [0.2, 0.25) is 0 Å². The molecule has 2 N–H and O–H groups in total. The van der Waals surface area contributed by atoms with Gasteiger partial charge in [0.1, 0.15) is 0 Å². The molecule has 2 unspecified atom stereocenters. The highest BCUT2D eigenvalue weighted by atomic mass is 15.1. The van der Waals surface area contributed by atoms with Crippen molar-refractivity contribution < 1.29 is 0 Å². The summed E-state index contributed by atoms with van der Waals surface area (Å²) in [4.78, 5) is 2.44. The summed E-state index contributed by atoms with van der Waals surface area (Å²) in [5, 5.41) is 0. The number of hydrogen-bond acceptors (Lipinski definition) is 2. The van der Waals surface area contributed by atoms with Crippen LogP contribution in [0.3, 0.4) is 0 Å². The van der Waals surface area contributed by atoms with Gasteiger partial charge in [-0.25, -0.2) is 0 Å². The van der Waals surface area contributed by atoms with E-state index in [2.05, 4.69) is 43.1 Å². The smallest absolute Gasteiger partial charge is 0.0247 e. The molecule has 0 bridgehead atoms. The molecule has 0 aromatic heterocycles. The highest BCUT2D eigenvalue weighted by molar-refractivity contribution is 5.22. The van der Waals surface area contributed by atoms with Crippen molar-refractivity contribution in [2.75, 3.05) is 7.05 Å². The van der Waals surface area contributed by atoms with Crippen LogP contribution in [0.1, 0.15) is 50.2 Å². The van der Waals surface area contributed by atoms with Crippen molar-refractivity contribution >= 4 is 0 Å². The van der Waals surface area contributed by atoms with Crippen LogP contribution in [0.25, 0.3) is 0 Å². The fourth-order valence-corrected chi connectivity index (χ4v) is 3.19. The maximum absolute atomic E-state index is 6.26. The molecule has 0 amide bonds. The van der Waals surface area contributed by atoms with Gasteiger partial charge in [0.25, 0.3) is 0 Å². The maximum atomic E-state index is 6.26. The summed E-state index contributed by atoms with van der Waals surface area (Å²) in [6.45, 7) is 3.25. The van der Waals surface area contributed by atoms with E-state index in [1.54, 1.807) is 0 Å². The molecule has 0 spiro atoms. The van der Waals surface area contributed by atoms with Crippen LogP contribution in [-0.2, 0) is 13.0 Å². The van der Waals surface area contributed by atoms with E-state index in [0.29, 0.717) is 12.1 Å². The first-order valence-corrected chi connectivity index (χ1v) is 7.74. The van der Waals surface area contributed by atoms with E-state index in [0.717, 1.165) is 6.54 Å². The summed E-state index contributed by atoms with van der Waals surface area (Å²) < 4.78 is 0.